The summed E-state index contributed by atoms with van der Waals surface area (Å²) >= 11 is 0. The minimum absolute atomic E-state index is 0.608. The van der Waals surface area contributed by atoms with Crippen LogP contribution in [0.5, 0.6) is 0 Å². The van der Waals surface area contributed by atoms with Crippen LogP contribution in [0.4, 0.5) is 0 Å². The molecule has 98 valence electrons. The van der Waals surface area contributed by atoms with Gasteiger partial charge in [-0.3, -0.25) is 0 Å². The van der Waals surface area contributed by atoms with E-state index in [4.69, 9.17) is 0 Å². The van der Waals surface area contributed by atoms with Gasteiger partial charge >= 0.3 is 0 Å². The number of aldehydes is 1. The van der Waals surface area contributed by atoms with Crippen molar-refractivity contribution in [3.63, 3.8) is 0 Å². The van der Waals surface area contributed by atoms with E-state index in [0.29, 0.717) is 12.3 Å². The van der Waals surface area contributed by atoms with E-state index in [2.05, 4.69) is 27.7 Å². The molecule has 0 heterocycles. The molecule has 1 aliphatic rings. The van der Waals surface area contributed by atoms with Gasteiger partial charge in [-0.2, -0.15) is 0 Å². The van der Waals surface area contributed by atoms with Gasteiger partial charge in [0.2, 0.25) is 0 Å². The minimum Gasteiger partial charge on any atom is -0.303 e. The number of fused-ring (bicyclic) bond motifs is 1. The fourth-order valence-electron chi connectivity index (χ4n) is 3.52. The lowest BCUT2D eigenvalue weighted by Gasteiger charge is -2.31. The van der Waals surface area contributed by atoms with E-state index in [-0.39, 0.29) is 0 Å². The lowest BCUT2D eigenvalue weighted by atomic mass is 9.74. The molecular weight excluding hydrogens is 220 g/mol. The number of benzene rings is 1. The van der Waals surface area contributed by atoms with E-state index in [1.54, 1.807) is 11.1 Å². The van der Waals surface area contributed by atoms with E-state index in [0.717, 1.165) is 12.7 Å². The van der Waals surface area contributed by atoms with Crippen LogP contribution in [-0.4, -0.2) is 6.29 Å². The van der Waals surface area contributed by atoms with Crippen LogP contribution >= 0.6 is 0 Å². The van der Waals surface area contributed by atoms with Gasteiger partial charge in [0.15, 0.2) is 0 Å². The predicted octanol–water partition coefficient (Wildman–Crippen LogP) is 4.32. The lowest BCUT2D eigenvalue weighted by Crippen LogP contribution is -2.15. The molecule has 0 fully saturated rings. The third kappa shape index (κ3) is 2.11. The second-order valence-corrected chi connectivity index (χ2v) is 5.73. The summed E-state index contributed by atoms with van der Waals surface area (Å²) in [5, 5.41) is 0. The van der Waals surface area contributed by atoms with Gasteiger partial charge < -0.3 is 4.79 Å². The third-order valence-corrected chi connectivity index (χ3v) is 4.89. The summed E-state index contributed by atoms with van der Waals surface area (Å²) in [4.78, 5) is 10.6. The Morgan fingerprint density at radius 1 is 1.06 bits per heavy atom. The summed E-state index contributed by atoms with van der Waals surface area (Å²) in [7, 11) is 0. The summed E-state index contributed by atoms with van der Waals surface area (Å²) in [6.45, 7) is 9.01. The molecule has 0 saturated heterocycles. The van der Waals surface area contributed by atoms with Crippen LogP contribution in [0.15, 0.2) is 0 Å². The Labute approximate surface area is 111 Å². The Morgan fingerprint density at radius 2 is 1.72 bits per heavy atom. The summed E-state index contributed by atoms with van der Waals surface area (Å²) in [6.07, 6.45) is 6.55. The van der Waals surface area contributed by atoms with Gasteiger partial charge in [0, 0.05) is 6.42 Å². The molecule has 0 saturated carbocycles. The molecule has 0 amide bonds. The van der Waals surface area contributed by atoms with Crippen molar-refractivity contribution >= 4 is 6.29 Å². The highest BCUT2D eigenvalue weighted by molar-refractivity contribution is 5.53. The Hall–Kier alpha value is -1.11. The van der Waals surface area contributed by atoms with E-state index >= 15 is 0 Å². The van der Waals surface area contributed by atoms with Crippen LogP contribution in [0, 0.1) is 27.7 Å². The van der Waals surface area contributed by atoms with E-state index in [1.807, 2.05) is 0 Å². The van der Waals surface area contributed by atoms with Crippen molar-refractivity contribution in [2.75, 3.05) is 0 Å². The highest BCUT2D eigenvalue weighted by Crippen LogP contribution is 2.40. The normalized spacial score (nSPS) is 18.6. The second-order valence-electron chi connectivity index (χ2n) is 5.73. The first-order valence-corrected chi connectivity index (χ1v) is 7.10. The molecule has 0 N–H and O–H groups in total. The molecule has 1 unspecified atom stereocenters. The molecule has 1 atom stereocenters. The predicted molar refractivity (Wildman–Crippen MR) is 76.4 cm³/mol. The smallest absolute Gasteiger partial charge is 0.120 e. The van der Waals surface area contributed by atoms with Crippen LogP contribution in [-0.2, 0) is 11.2 Å². The summed E-state index contributed by atoms with van der Waals surface area (Å²) in [5.41, 5.74) is 9.03. The molecule has 0 spiro atoms. The molecule has 18 heavy (non-hydrogen) atoms. The molecule has 0 radical (unpaired) electrons. The van der Waals surface area contributed by atoms with Gasteiger partial charge in [-0.1, -0.05) is 0 Å². The maximum atomic E-state index is 10.6. The third-order valence-electron chi connectivity index (χ3n) is 4.89. The lowest BCUT2D eigenvalue weighted by molar-refractivity contribution is -0.108. The zero-order valence-electron chi connectivity index (χ0n) is 12.1. The molecule has 1 heteroatoms. The first kappa shape index (κ1) is 13.3. The Morgan fingerprint density at radius 3 is 2.39 bits per heavy atom. The molecule has 2 rings (SSSR count). The van der Waals surface area contributed by atoms with Crippen molar-refractivity contribution in [2.45, 2.75) is 65.7 Å². The molecular formula is C17H24O. The number of rotatable bonds is 3. The van der Waals surface area contributed by atoms with E-state index in [9.17, 15) is 4.79 Å². The van der Waals surface area contributed by atoms with E-state index < -0.39 is 0 Å². The fourth-order valence-corrected chi connectivity index (χ4v) is 3.52. The standard InChI is InChI=1S/C17H24O/c1-11-12(2)14(4)17-15(8-6-10-18)7-5-9-16(17)13(11)3/h10,15H,5-9H2,1-4H3. The van der Waals surface area contributed by atoms with Crippen LogP contribution in [0.1, 0.15) is 65.0 Å². The molecule has 1 nitrogen and oxygen atoms in total. The Kier molecular flexibility index (Phi) is 3.89. The van der Waals surface area contributed by atoms with Gasteiger partial charge in [0.1, 0.15) is 6.29 Å². The van der Waals surface area contributed by atoms with Gasteiger partial charge in [0.05, 0.1) is 0 Å². The zero-order chi connectivity index (χ0) is 13.3. The molecule has 0 aliphatic heterocycles. The van der Waals surface area contributed by atoms with Crippen LogP contribution in [0.2, 0.25) is 0 Å². The van der Waals surface area contributed by atoms with Crippen molar-refractivity contribution < 1.29 is 4.79 Å². The topological polar surface area (TPSA) is 17.1 Å². The van der Waals surface area contributed by atoms with Gasteiger partial charge in [0.25, 0.3) is 0 Å². The fraction of sp³-hybridized carbons (Fsp3) is 0.588. The van der Waals surface area contributed by atoms with Crippen molar-refractivity contribution in [3.05, 3.63) is 33.4 Å². The van der Waals surface area contributed by atoms with Gasteiger partial charge in [-0.25, -0.2) is 0 Å². The van der Waals surface area contributed by atoms with Crippen molar-refractivity contribution in [3.8, 4) is 0 Å². The first-order chi connectivity index (χ1) is 8.57. The van der Waals surface area contributed by atoms with Crippen molar-refractivity contribution in [1.29, 1.82) is 0 Å². The summed E-state index contributed by atoms with van der Waals surface area (Å²) < 4.78 is 0. The zero-order valence-corrected chi connectivity index (χ0v) is 12.1. The largest absolute Gasteiger partial charge is 0.303 e. The molecule has 0 aromatic heterocycles. The van der Waals surface area contributed by atoms with Gasteiger partial charge in [-0.05, 0) is 92.7 Å². The number of hydrogen-bond donors (Lipinski definition) is 0. The number of carbonyl (C=O) groups excluding carboxylic acids is 1. The number of carbonyl (C=O) groups is 1. The van der Waals surface area contributed by atoms with E-state index in [1.165, 1.54) is 41.5 Å². The maximum Gasteiger partial charge on any atom is 0.120 e. The first-order valence-electron chi connectivity index (χ1n) is 7.10. The molecule has 1 aromatic carbocycles. The Bertz CT molecular complexity index is 471. The SMILES string of the molecule is Cc1c(C)c(C)c2c(c1C)CCCC2CCC=O. The molecule has 1 aromatic rings. The van der Waals surface area contributed by atoms with Crippen molar-refractivity contribution in [1.82, 2.24) is 0 Å². The Balaban J connectivity index is 2.52. The second kappa shape index (κ2) is 5.26. The number of hydrogen-bond acceptors (Lipinski definition) is 1. The van der Waals surface area contributed by atoms with Crippen LogP contribution in [0.25, 0.3) is 0 Å². The summed E-state index contributed by atoms with van der Waals surface area (Å²) in [6, 6.07) is 0. The van der Waals surface area contributed by atoms with Crippen molar-refractivity contribution in [2.24, 2.45) is 0 Å². The quantitative estimate of drug-likeness (QED) is 0.724. The molecule has 1 aliphatic carbocycles. The molecule has 0 bridgehead atoms. The maximum absolute atomic E-state index is 10.6. The van der Waals surface area contributed by atoms with Crippen LogP contribution < -0.4 is 0 Å². The monoisotopic (exact) mass is 244 g/mol. The van der Waals surface area contributed by atoms with Crippen LogP contribution in [0.3, 0.4) is 0 Å². The van der Waals surface area contributed by atoms with Gasteiger partial charge in [-0.15, -0.1) is 0 Å². The average molecular weight is 244 g/mol. The highest BCUT2D eigenvalue weighted by atomic mass is 16.1. The summed E-state index contributed by atoms with van der Waals surface area (Å²) in [5.74, 6) is 0.608. The highest BCUT2D eigenvalue weighted by Gasteiger charge is 2.25. The minimum atomic E-state index is 0.608. The average Bonchev–Trinajstić information content (AvgIpc) is 2.40.